The van der Waals surface area contributed by atoms with Crippen molar-refractivity contribution in [3.8, 4) is 0 Å². The van der Waals surface area contributed by atoms with E-state index in [9.17, 15) is 0 Å². The molecule has 2 rings (SSSR count). The molecule has 0 spiro atoms. The second kappa shape index (κ2) is 6.39. The minimum absolute atomic E-state index is 0.615. The zero-order valence-corrected chi connectivity index (χ0v) is 13.2. The highest BCUT2D eigenvalue weighted by atomic mass is 15.3. The molecule has 0 aromatic carbocycles. The molecule has 0 atom stereocenters. The number of nitrogens with two attached hydrogens (primary N) is 1. The first-order valence-corrected chi connectivity index (χ1v) is 7.65. The van der Waals surface area contributed by atoms with Crippen LogP contribution in [0.25, 0.3) is 0 Å². The molecule has 1 aromatic rings. The van der Waals surface area contributed by atoms with E-state index in [1.165, 1.54) is 0 Å². The van der Waals surface area contributed by atoms with E-state index in [2.05, 4.69) is 35.6 Å². The van der Waals surface area contributed by atoms with Gasteiger partial charge >= 0.3 is 0 Å². The van der Waals surface area contributed by atoms with Crippen LogP contribution in [0.3, 0.4) is 0 Å². The Hall–Kier alpha value is -1.36. The van der Waals surface area contributed by atoms with Crippen molar-refractivity contribution in [2.45, 2.75) is 46.6 Å². The van der Waals surface area contributed by atoms with Gasteiger partial charge in [-0.3, -0.25) is 4.90 Å². The average Bonchev–Trinajstić information content (AvgIpc) is 2.43. The fraction of sp³-hybridized carbons (Fsp3) is 0.733. The molecule has 1 aliphatic rings. The summed E-state index contributed by atoms with van der Waals surface area (Å²) in [6.45, 7) is 12.9. The molecule has 2 heterocycles. The molecule has 0 amide bonds. The third kappa shape index (κ3) is 3.20. The second-order valence-electron chi connectivity index (χ2n) is 5.84. The minimum atomic E-state index is 0.615. The zero-order valence-electron chi connectivity index (χ0n) is 13.2. The largest absolute Gasteiger partial charge is 0.383 e. The van der Waals surface area contributed by atoms with Gasteiger partial charge in [0, 0.05) is 44.2 Å². The summed E-state index contributed by atoms with van der Waals surface area (Å²) in [6.07, 6.45) is 1.94. The molecule has 0 aliphatic carbocycles. The quantitative estimate of drug-likeness (QED) is 0.910. The van der Waals surface area contributed by atoms with Crippen LogP contribution in [-0.2, 0) is 6.42 Å². The number of nitrogen functional groups attached to an aromatic ring is 1. The Morgan fingerprint density at radius 1 is 1.15 bits per heavy atom. The molecule has 0 radical (unpaired) electrons. The van der Waals surface area contributed by atoms with Crippen molar-refractivity contribution < 1.29 is 0 Å². The summed E-state index contributed by atoms with van der Waals surface area (Å²) in [5.41, 5.74) is 7.06. The molecule has 0 unspecified atom stereocenters. The summed E-state index contributed by atoms with van der Waals surface area (Å²) in [7, 11) is 0. The number of aromatic nitrogens is 2. The predicted octanol–water partition coefficient (Wildman–Crippen LogP) is 1.85. The number of hydrogen-bond acceptors (Lipinski definition) is 5. The molecule has 112 valence electrons. The lowest BCUT2D eigenvalue weighted by Gasteiger charge is -2.38. The van der Waals surface area contributed by atoms with Crippen LogP contribution in [0.4, 0.5) is 11.6 Å². The summed E-state index contributed by atoms with van der Waals surface area (Å²) in [6, 6.07) is 0.615. The lowest BCUT2D eigenvalue weighted by Crippen LogP contribution is -2.49. The molecule has 0 bridgehead atoms. The standard InChI is InChI=1S/C15H27N5/c1-5-6-13-17-14(16)12(4)15(18-13)20-9-7-19(8-10-20)11(2)3/h11H,5-10H2,1-4H3,(H2,16,17,18). The normalized spacial score (nSPS) is 16.9. The molecule has 20 heavy (non-hydrogen) atoms. The van der Waals surface area contributed by atoms with E-state index in [0.29, 0.717) is 11.9 Å². The van der Waals surface area contributed by atoms with Crippen LogP contribution < -0.4 is 10.6 Å². The Morgan fingerprint density at radius 3 is 2.35 bits per heavy atom. The number of piperazine rings is 1. The molecule has 2 N–H and O–H groups in total. The van der Waals surface area contributed by atoms with Crippen molar-refractivity contribution in [2.75, 3.05) is 36.8 Å². The van der Waals surface area contributed by atoms with Gasteiger partial charge in [-0.25, -0.2) is 9.97 Å². The summed E-state index contributed by atoms with van der Waals surface area (Å²) < 4.78 is 0. The minimum Gasteiger partial charge on any atom is -0.383 e. The monoisotopic (exact) mass is 277 g/mol. The fourth-order valence-electron chi connectivity index (χ4n) is 2.66. The molecule has 1 fully saturated rings. The van der Waals surface area contributed by atoms with Gasteiger partial charge in [-0.05, 0) is 27.2 Å². The van der Waals surface area contributed by atoms with Crippen molar-refractivity contribution in [1.29, 1.82) is 0 Å². The predicted molar refractivity (Wildman–Crippen MR) is 84.1 cm³/mol. The Morgan fingerprint density at radius 2 is 1.80 bits per heavy atom. The molecular weight excluding hydrogens is 250 g/mol. The third-order valence-corrected chi connectivity index (χ3v) is 4.02. The lowest BCUT2D eigenvalue weighted by molar-refractivity contribution is 0.209. The van der Waals surface area contributed by atoms with Gasteiger partial charge in [0.15, 0.2) is 0 Å². The van der Waals surface area contributed by atoms with E-state index in [0.717, 1.165) is 56.2 Å². The topological polar surface area (TPSA) is 58.3 Å². The Balaban J connectivity index is 2.16. The van der Waals surface area contributed by atoms with E-state index in [1.807, 2.05) is 6.92 Å². The van der Waals surface area contributed by atoms with Crippen LogP contribution in [0, 0.1) is 6.92 Å². The van der Waals surface area contributed by atoms with Gasteiger partial charge in [0.1, 0.15) is 17.5 Å². The number of rotatable bonds is 4. The van der Waals surface area contributed by atoms with Crippen LogP contribution in [0.15, 0.2) is 0 Å². The highest BCUT2D eigenvalue weighted by molar-refractivity contribution is 5.56. The van der Waals surface area contributed by atoms with Crippen molar-refractivity contribution in [2.24, 2.45) is 0 Å². The Bertz CT molecular complexity index is 450. The number of hydrogen-bond donors (Lipinski definition) is 1. The van der Waals surface area contributed by atoms with Crippen LogP contribution in [0.5, 0.6) is 0 Å². The highest BCUT2D eigenvalue weighted by Gasteiger charge is 2.22. The van der Waals surface area contributed by atoms with Gasteiger partial charge in [-0.1, -0.05) is 6.92 Å². The lowest BCUT2D eigenvalue weighted by atomic mass is 10.2. The molecule has 0 saturated carbocycles. The molecule has 1 aliphatic heterocycles. The molecule has 1 saturated heterocycles. The molecule has 5 heteroatoms. The van der Waals surface area contributed by atoms with Gasteiger partial charge < -0.3 is 10.6 Å². The first kappa shape index (κ1) is 15.0. The average molecular weight is 277 g/mol. The van der Waals surface area contributed by atoms with Crippen LogP contribution in [0.2, 0.25) is 0 Å². The van der Waals surface area contributed by atoms with Crippen LogP contribution in [0.1, 0.15) is 38.6 Å². The summed E-state index contributed by atoms with van der Waals surface area (Å²) in [4.78, 5) is 14.0. The smallest absolute Gasteiger partial charge is 0.137 e. The van der Waals surface area contributed by atoms with Crippen molar-refractivity contribution in [1.82, 2.24) is 14.9 Å². The van der Waals surface area contributed by atoms with Gasteiger partial charge in [0.05, 0.1) is 0 Å². The van der Waals surface area contributed by atoms with E-state index < -0.39 is 0 Å². The second-order valence-corrected chi connectivity index (χ2v) is 5.84. The number of nitrogens with zero attached hydrogens (tertiary/aromatic N) is 4. The Kier molecular flexibility index (Phi) is 4.81. The van der Waals surface area contributed by atoms with E-state index in [1.54, 1.807) is 0 Å². The van der Waals surface area contributed by atoms with E-state index >= 15 is 0 Å². The maximum atomic E-state index is 6.05. The van der Waals surface area contributed by atoms with Gasteiger partial charge in [-0.2, -0.15) is 0 Å². The van der Waals surface area contributed by atoms with Crippen molar-refractivity contribution in [3.63, 3.8) is 0 Å². The summed E-state index contributed by atoms with van der Waals surface area (Å²) in [5, 5.41) is 0. The van der Waals surface area contributed by atoms with Crippen molar-refractivity contribution in [3.05, 3.63) is 11.4 Å². The number of aryl methyl sites for hydroxylation is 1. The zero-order chi connectivity index (χ0) is 14.7. The SMILES string of the molecule is CCCc1nc(N)c(C)c(N2CCN(C(C)C)CC2)n1. The fourth-order valence-corrected chi connectivity index (χ4v) is 2.66. The molecular formula is C15H27N5. The first-order valence-electron chi connectivity index (χ1n) is 7.65. The van der Waals surface area contributed by atoms with Gasteiger partial charge in [-0.15, -0.1) is 0 Å². The van der Waals surface area contributed by atoms with E-state index in [4.69, 9.17) is 10.7 Å². The maximum absolute atomic E-state index is 6.05. The molecule has 1 aromatic heterocycles. The summed E-state index contributed by atoms with van der Waals surface area (Å²) in [5.74, 6) is 2.53. The molecule has 5 nitrogen and oxygen atoms in total. The number of anilines is 2. The van der Waals surface area contributed by atoms with E-state index in [-0.39, 0.29) is 0 Å². The Labute approximate surface area is 122 Å². The van der Waals surface area contributed by atoms with Crippen LogP contribution >= 0.6 is 0 Å². The summed E-state index contributed by atoms with van der Waals surface area (Å²) >= 11 is 0. The van der Waals surface area contributed by atoms with Gasteiger partial charge in [0.25, 0.3) is 0 Å². The first-order chi connectivity index (χ1) is 9.52. The highest BCUT2D eigenvalue weighted by Crippen LogP contribution is 2.23. The van der Waals surface area contributed by atoms with Gasteiger partial charge in [0.2, 0.25) is 0 Å². The maximum Gasteiger partial charge on any atom is 0.137 e. The third-order valence-electron chi connectivity index (χ3n) is 4.02. The van der Waals surface area contributed by atoms with Crippen molar-refractivity contribution >= 4 is 11.6 Å². The van der Waals surface area contributed by atoms with Crippen LogP contribution in [-0.4, -0.2) is 47.1 Å².